The van der Waals surface area contributed by atoms with Crippen LogP contribution in [-0.4, -0.2) is 33.4 Å². The topological polar surface area (TPSA) is 116 Å². The molecule has 0 radical (unpaired) electrons. The van der Waals surface area contributed by atoms with Crippen molar-refractivity contribution in [3.63, 3.8) is 0 Å². The highest BCUT2D eigenvalue weighted by Gasteiger charge is 2.21. The van der Waals surface area contributed by atoms with Crippen LogP contribution in [0.15, 0.2) is 24.3 Å². The van der Waals surface area contributed by atoms with Crippen LogP contribution in [0.1, 0.15) is 5.56 Å². The molecule has 0 bridgehead atoms. The predicted molar refractivity (Wildman–Crippen MR) is 132 cm³/mol. The minimum absolute atomic E-state index is 0.0168. The van der Waals surface area contributed by atoms with Gasteiger partial charge in [-0.1, -0.05) is 0 Å². The molecule has 0 saturated carbocycles. The molecule has 0 aliphatic heterocycles. The Kier molecular flexibility index (Phi) is 8.47. The molecule has 1 amide bonds. The molecule has 2 rings (SSSR count). The van der Waals surface area contributed by atoms with Crippen LogP contribution in [0.3, 0.4) is 0 Å². The molecule has 0 heterocycles. The summed E-state index contributed by atoms with van der Waals surface area (Å²) in [6.07, 6.45) is -1.37. The minimum atomic E-state index is -1.39. The number of amides is 1. The summed E-state index contributed by atoms with van der Waals surface area (Å²) >= 11 is 8.21. The van der Waals surface area contributed by atoms with Crippen molar-refractivity contribution in [1.82, 2.24) is 5.32 Å². The van der Waals surface area contributed by atoms with Crippen LogP contribution in [-0.2, 0) is 11.2 Å². The third kappa shape index (κ3) is 6.34. The van der Waals surface area contributed by atoms with Gasteiger partial charge in [0.15, 0.2) is 5.75 Å². The summed E-state index contributed by atoms with van der Waals surface area (Å²) in [6.45, 7) is 0. The van der Waals surface area contributed by atoms with Crippen molar-refractivity contribution in [1.29, 1.82) is 0 Å². The first kappa shape index (κ1) is 23.0. The van der Waals surface area contributed by atoms with Gasteiger partial charge in [0, 0.05) is 6.42 Å². The van der Waals surface area contributed by atoms with E-state index in [1.165, 1.54) is 0 Å². The monoisotopic (exact) mass is 821 g/mol. The Bertz CT molecular complexity index is 858. The maximum Gasteiger partial charge on any atom is 0.405 e. The Hall–Kier alpha value is -0.300. The van der Waals surface area contributed by atoms with Crippen LogP contribution < -0.4 is 10.1 Å². The van der Waals surface area contributed by atoms with Crippen LogP contribution in [0.5, 0.6) is 17.2 Å². The van der Waals surface area contributed by atoms with Gasteiger partial charge in [0.05, 0.1) is 14.3 Å². The highest BCUT2D eigenvalue weighted by atomic mass is 127. The first-order valence-corrected chi connectivity index (χ1v) is 11.5. The number of aliphatic carboxylic acids is 1. The molecule has 0 aromatic heterocycles. The number of hydrogen-bond donors (Lipinski definition) is 4. The lowest BCUT2D eigenvalue weighted by atomic mass is 10.1. The number of ether oxygens (including phenoxy) is 1. The number of hydrogen-bond acceptors (Lipinski definition) is 4. The van der Waals surface area contributed by atoms with Crippen LogP contribution in [0.4, 0.5) is 4.79 Å². The number of benzene rings is 2. The number of nitrogens with one attached hydrogen (secondary N) is 1. The van der Waals surface area contributed by atoms with E-state index in [4.69, 9.17) is 14.9 Å². The van der Waals surface area contributed by atoms with Gasteiger partial charge in [-0.3, -0.25) is 0 Å². The van der Waals surface area contributed by atoms with Gasteiger partial charge in [0.25, 0.3) is 0 Å². The Morgan fingerprint density at radius 3 is 1.93 bits per heavy atom. The molecule has 0 saturated heterocycles. The molecule has 1 unspecified atom stereocenters. The van der Waals surface area contributed by atoms with Gasteiger partial charge < -0.3 is 25.4 Å². The lowest BCUT2D eigenvalue weighted by Gasteiger charge is -2.16. The number of phenolic OH excluding ortho intramolecular Hbond substituents is 1. The van der Waals surface area contributed by atoms with Crippen LogP contribution in [0.2, 0.25) is 0 Å². The van der Waals surface area contributed by atoms with Gasteiger partial charge in [-0.25, -0.2) is 9.59 Å². The molecule has 2 aromatic carbocycles. The standard InChI is InChI=1S/C16H11I4NO6/c17-8-4-7(5-9(18)13(8)22)27-14-10(19)1-6(2-11(14)20)3-12(15(23)24)21-16(25)26/h1-2,4-5,12,21-22H,3H2,(H,23,24)(H,25,26). The lowest BCUT2D eigenvalue weighted by molar-refractivity contribution is -0.139. The quantitative estimate of drug-likeness (QED) is 0.310. The molecule has 7 nitrogen and oxygen atoms in total. The van der Waals surface area contributed by atoms with Crippen LogP contribution in [0, 0.1) is 14.3 Å². The van der Waals surface area contributed by atoms with E-state index >= 15 is 0 Å². The normalized spacial score (nSPS) is 11.7. The summed E-state index contributed by atoms with van der Waals surface area (Å²) in [5.41, 5.74) is 0.673. The summed E-state index contributed by atoms with van der Waals surface area (Å²) in [6, 6.07) is 5.72. The average Bonchev–Trinajstić information content (AvgIpc) is 2.54. The van der Waals surface area contributed by atoms with Gasteiger partial charge in [-0.15, -0.1) is 0 Å². The van der Waals surface area contributed by atoms with Crippen molar-refractivity contribution < 1.29 is 29.6 Å². The Morgan fingerprint density at radius 1 is 0.963 bits per heavy atom. The van der Waals surface area contributed by atoms with Crippen molar-refractivity contribution in [3.05, 3.63) is 44.1 Å². The highest BCUT2D eigenvalue weighted by molar-refractivity contribution is 14.1. The van der Waals surface area contributed by atoms with Gasteiger partial charge in [0.1, 0.15) is 17.5 Å². The molecule has 27 heavy (non-hydrogen) atoms. The van der Waals surface area contributed by atoms with Crippen molar-refractivity contribution in [3.8, 4) is 17.2 Å². The van der Waals surface area contributed by atoms with Crippen molar-refractivity contribution in [2.45, 2.75) is 12.5 Å². The molecule has 2 aromatic rings. The number of aromatic hydroxyl groups is 1. The average molecular weight is 821 g/mol. The Labute approximate surface area is 208 Å². The van der Waals surface area contributed by atoms with E-state index in [-0.39, 0.29) is 12.2 Å². The molecule has 0 spiro atoms. The second kappa shape index (κ2) is 9.95. The fourth-order valence-electron chi connectivity index (χ4n) is 2.13. The molecule has 1 atom stereocenters. The second-order valence-corrected chi connectivity index (χ2v) is 9.92. The number of halogens is 4. The van der Waals surface area contributed by atoms with Gasteiger partial charge in [-0.2, -0.15) is 0 Å². The first-order chi connectivity index (χ1) is 12.6. The molecule has 0 aliphatic carbocycles. The SMILES string of the molecule is O=C(O)NC(Cc1cc(I)c(Oc2cc(I)c(O)c(I)c2)c(I)c1)C(=O)O. The van der Waals surface area contributed by atoms with Gasteiger partial charge in [-0.05, 0) is 120 Å². The maximum atomic E-state index is 11.2. The Morgan fingerprint density at radius 2 is 1.48 bits per heavy atom. The molecular formula is C16H11I4NO6. The minimum Gasteiger partial charge on any atom is -0.506 e. The fraction of sp³-hybridized carbons (Fsp3) is 0.125. The van der Waals surface area contributed by atoms with E-state index in [1.54, 1.807) is 24.3 Å². The summed E-state index contributed by atoms with van der Waals surface area (Å²) in [7, 11) is 0. The summed E-state index contributed by atoms with van der Waals surface area (Å²) in [4.78, 5) is 22.0. The number of carboxylic acids is 1. The third-order valence-electron chi connectivity index (χ3n) is 3.30. The highest BCUT2D eigenvalue weighted by Crippen LogP contribution is 2.36. The van der Waals surface area contributed by atoms with Crippen LogP contribution >= 0.6 is 90.4 Å². The second-order valence-electron chi connectivity index (χ2n) is 5.27. The number of carbonyl (C=O) groups is 2. The van der Waals surface area contributed by atoms with Gasteiger partial charge >= 0.3 is 12.1 Å². The number of rotatable bonds is 6. The largest absolute Gasteiger partial charge is 0.506 e. The first-order valence-electron chi connectivity index (χ1n) is 7.14. The number of phenols is 1. The lowest BCUT2D eigenvalue weighted by Crippen LogP contribution is -2.41. The molecule has 4 N–H and O–H groups in total. The van der Waals surface area contributed by atoms with Gasteiger partial charge in [0.2, 0.25) is 0 Å². The van der Waals surface area contributed by atoms with Crippen LogP contribution in [0.25, 0.3) is 0 Å². The van der Waals surface area contributed by atoms with E-state index in [1.807, 2.05) is 50.5 Å². The zero-order chi connectivity index (χ0) is 20.3. The zero-order valence-electron chi connectivity index (χ0n) is 13.2. The zero-order valence-corrected chi connectivity index (χ0v) is 21.8. The summed E-state index contributed by atoms with van der Waals surface area (Å²) in [5.74, 6) is 0.140. The van der Waals surface area contributed by atoms with Crippen molar-refractivity contribution in [2.75, 3.05) is 0 Å². The molecule has 0 fully saturated rings. The predicted octanol–water partition coefficient (Wildman–Crippen LogP) is 4.87. The maximum absolute atomic E-state index is 11.2. The van der Waals surface area contributed by atoms with E-state index in [9.17, 15) is 14.7 Å². The van der Waals surface area contributed by atoms with Crippen molar-refractivity contribution in [2.24, 2.45) is 0 Å². The van der Waals surface area contributed by atoms with Crippen molar-refractivity contribution >= 4 is 102 Å². The summed E-state index contributed by atoms with van der Waals surface area (Å²) in [5, 5.41) is 29.8. The molecular weight excluding hydrogens is 810 g/mol. The van der Waals surface area contributed by atoms with E-state index in [0.717, 1.165) is 7.14 Å². The molecule has 11 heteroatoms. The van der Waals surface area contributed by atoms with E-state index in [0.29, 0.717) is 24.2 Å². The fourth-order valence-corrected chi connectivity index (χ4v) is 5.96. The number of carboxylic acid groups (broad SMARTS) is 2. The molecule has 0 aliphatic rings. The molecule has 144 valence electrons. The third-order valence-corrected chi connectivity index (χ3v) is 6.55. The van der Waals surface area contributed by atoms with E-state index in [2.05, 4.69) is 45.2 Å². The van der Waals surface area contributed by atoms with E-state index < -0.39 is 18.1 Å². The summed E-state index contributed by atoms with van der Waals surface area (Å²) < 4.78 is 8.81. The smallest absolute Gasteiger partial charge is 0.405 e. The Balaban J connectivity index is 2.29.